The molecule has 0 saturated carbocycles. The molecule has 0 amide bonds. The van der Waals surface area contributed by atoms with Crippen molar-refractivity contribution in [3.63, 3.8) is 0 Å². The van der Waals surface area contributed by atoms with Crippen LogP contribution in [0.1, 0.15) is 47.3 Å². The third-order valence-corrected chi connectivity index (χ3v) is 3.97. The molecule has 2 aromatic heterocycles. The number of hydrogen-bond acceptors (Lipinski definition) is 5. The van der Waals surface area contributed by atoms with Gasteiger partial charge in [0, 0.05) is 11.7 Å². The summed E-state index contributed by atoms with van der Waals surface area (Å²) >= 11 is 1.38. The first-order valence-corrected chi connectivity index (χ1v) is 7.61. The van der Waals surface area contributed by atoms with E-state index in [4.69, 9.17) is 0 Å². The lowest BCUT2D eigenvalue weighted by molar-refractivity contribution is 0.0691. The highest BCUT2D eigenvalue weighted by molar-refractivity contribution is 7.98. The molecule has 2 aromatic rings. The van der Waals surface area contributed by atoms with Crippen LogP contribution in [0.4, 0.5) is 0 Å². The summed E-state index contributed by atoms with van der Waals surface area (Å²) in [7, 11) is 0. The predicted octanol–water partition coefficient (Wildman–Crippen LogP) is 2.86. The number of aryl methyl sites for hydroxylation is 2. The molecule has 0 aromatic carbocycles. The molecule has 7 heteroatoms. The fraction of sp³-hybridized carbons (Fsp3) is 0.429. The van der Waals surface area contributed by atoms with Crippen molar-refractivity contribution in [2.45, 2.75) is 44.5 Å². The number of carboxylic acid groups (broad SMARTS) is 1. The molecule has 21 heavy (non-hydrogen) atoms. The standard InChI is InChI=1S/C14H18N4O2S/c1-8(2)18-11(15-7-16-18)6-21-13-12(14(19)20)9(3)5-10(4)17-13/h5,7-8H,6H2,1-4H3,(H,19,20). The van der Waals surface area contributed by atoms with Crippen molar-refractivity contribution in [3.05, 3.63) is 35.0 Å². The zero-order valence-electron chi connectivity index (χ0n) is 12.5. The van der Waals surface area contributed by atoms with E-state index in [0.717, 1.165) is 17.1 Å². The Hall–Kier alpha value is -1.89. The Morgan fingerprint density at radius 1 is 1.43 bits per heavy atom. The van der Waals surface area contributed by atoms with Gasteiger partial charge in [-0.25, -0.2) is 19.4 Å². The average molecular weight is 306 g/mol. The lowest BCUT2D eigenvalue weighted by atomic mass is 10.1. The van der Waals surface area contributed by atoms with Gasteiger partial charge in [-0.15, -0.1) is 0 Å². The summed E-state index contributed by atoms with van der Waals surface area (Å²) in [6.45, 7) is 7.71. The van der Waals surface area contributed by atoms with Crippen LogP contribution in [0.3, 0.4) is 0 Å². The van der Waals surface area contributed by atoms with E-state index >= 15 is 0 Å². The van der Waals surface area contributed by atoms with Crippen molar-refractivity contribution in [2.24, 2.45) is 0 Å². The Balaban J connectivity index is 2.28. The van der Waals surface area contributed by atoms with Crippen molar-refractivity contribution in [1.29, 1.82) is 0 Å². The van der Waals surface area contributed by atoms with Gasteiger partial charge in [0.05, 0.1) is 11.3 Å². The van der Waals surface area contributed by atoms with Crippen LogP contribution >= 0.6 is 11.8 Å². The van der Waals surface area contributed by atoms with Crippen molar-refractivity contribution < 1.29 is 9.90 Å². The van der Waals surface area contributed by atoms with Crippen molar-refractivity contribution in [3.8, 4) is 0 Å². The number of thioether (sulfide) groups is 1. The number of aromatic nitrogens is 4. The van der Waals surface area contributed by atoms with E-state index in [1.54, 1.807) is 13.0 Å². The van der Waals surface area contributed by atoms with Gasteiger partial charge in [-0.2, -0.15) is 5.10 Å². The molecule has 1 N–H and O–H groups in total. The van der Waals surface area contributed by atoms with Gasteiger partial charge in [0.1, 0.15) is 17.2 Å². The first-order valence-electron chi connectivity index (χ1n) is 6.63. The maximum Gasteiger partial charge on any atom is 0.338 e. The molecule has 0 saturated heterocycles. The van der Waals surface area contributed by atoms with Crippen LogP contribution in [0.25, 0.3) is 0 Å². The van der Waals surface area contributed by atoms with Crippen molar-refractivity contribution >= 4 is 17.7 Å². The number of rotatable bonds is 5. The zero-order chi connectivity index (χ0) is 15.6. The highest BCUT2D eigenvalue weighted by Crippen LogP contribution is 2.27. The van der Waals surface area contributed by atoms with E-state index in [1.165, 1.54) is 18.1 Å². The van der Waals surface area contributed by atoms with E-state index in [9.17, 15) is 9.90 Å². The van der Waals surface area contributed by atoms with Gasteiger partial charge in [-0.05, 0) is 39.3 Å². The summed E-state index contributed by atoms with van der Waals surface area (Å²) in [6.07, 6.45) is 1.52. The molecule has 0 unspecified atom stereocenters. The summed E-state index contributed by atoms with van der Waals surface area (Å²) in [5.74, 6) is 0.397. The van der Waals surface area contributed by atoms with Gasteiger partial charge in [0.25, 0.3) is 0 Å². The molecule has 0 spiro atoms. The lowest BCUT2D eigenvalue weighted by Gasteiger charge is -2.11. The predicted molar refractivity (Wildman–Crippen MR) is 80.6 cm³/mol. The van der Waals surface area contributed by atoms with Crippen LogP contribution in [0.5, 0.6) is 0 Å². The largest absolute Gasteiger partial charge is 0.478 e. The van der Waals surface area contributed by atoms with E-state index in [-0.39, 0.29) is 11.6 Å². The Morgan fingerprint density at radius 3 is 2.76 bits per heavy atom. The maximum atomic E-state index is 11.4. The molecule has 6 nitrogen and oxygen atoms in total. The Kier molecular flexibility index (Phi) is 4.62. The summed E-state index contributed by atoms with van der Waals surface area (Å²) in [5.41, 5.74) is 1.80. The summed E-state index contributed by atoms with van der Waals surface area (Å²) < 4.78 is 1.83. The van der Waals surface area contributed by atoms with E-state index in [2.05, 4.69) is 15.1 Å². The fourth-order valence-corrected chi connectivity index (χ4v) is 3.18. The number of carbonyl (C=O) groups is 1. The smallest absolute Gasteiger partial charge is 0.338 e. The van der Waals surface area contributed by atoms with Gasteiger partial charge in [-0.1, -0.05) is 11.8 Å². The Morgan fingerprint density at radius 2 is 2.14 bits per heavy atom. The second kappa shape index (κ2) is 6.26. The van der Waals surface area contributed by atoms with Crippen LogP contribution < -0.4 is 0 Å². The number of nitrogens with zero attached hydrogens (tertiary/aromatic N) is 4. The minimum atomic E-state index is -0.951. The van der Waals surface area contributed by atoms with E-state index in [1.807, 2.05) is 25.5 Å². The number of aromatic carboxylic acids is 1. The molecule has 0 atom stereocenters. The molecule has 2 rings (SSSR count). The molecule has 0 aliphatic heterocycles. The van der Waals surface area contributed by atoms with Crippen LogP contribution in [0, 0.1) is 13.8 Å². The summed E-state index contributed by atoms with van der Waals surface area (Å²) in [4.78, 5) is 20.0. The third-order valence-electron chi connectivity index (χ3n) is 3.00. The maximum absolute atomic E-state index is 11.4. The molecular weight excluding hydrogens is 288 g/mol. The Labute approximate surface area is 127 Å². The molecule has 0 aliphatic rings. The van der Waals surface area contributed by atoms with E-state index < -0.39 is 5.97 Å². The Bertz CT molecular complexity index is 667. The van der Waals surface area contributed by atoms with Crippen LogP contribution in [0.15, 0.2) is 17.4 Å². The zero-order valence-corrected chi connectivity index (χ0v) is 13.3. The second-order valence-electron chi connectivity index (χ2n) is 5.07. The van der Waals surface area contributed by atoms with Gasteiger partial charge >= 0.3 is 5.97 Å². The monoisotopic (exact) mass is 306 g/mol. The summed E-state index contributed by atoms with van der Waals surface area (Å²) in [6, 6.07) is 2.00. The molecule has 2 heterocycles. The van der Waals surface area contributed by atoms with E-state index in [0.29, 0.717) is 10.8 Å². The molecule has 0 aliphatic carbocycles. The highest BCUT2D eigenvalue weighted by Gasteiger charge is 2.17. The van der Waals surface area contributed by atoms with Crippen LogP contribution in [-0.2, 0) is 5.75 Å². The van der Waals surface area contributed by atoms with Crippen molar-refractivity contribution in [2.75, 3.05) is 0 Å². The van der Waals surface area contributed by atoms with Gasteiger partial charge in [0.2, 0.25) is 0 Å². The lowest BCUT2D eigenvalue weighted by Crippen LogP contribution is -2.08. The molecule has 112 valence electrons. The first kappa shape index (κ1) is 15.5. The third kappa shape index (κ3) is 3.41. The van der Waals surface area contributed by atoms with Crippen molar-refractivity contribution in [1.82, 2.24) is 19.7 Å². The molecule has 0 bridgehead atoms. The first-order chi connectivity index (χ1) is 9.90. The highest BCUT2D eigenvalue weighted by atomic mass is 32.2. The summed E-state index contributed by atoms with van der Waals surface area (Å²) in [5, 5.41) is 14.1. The van der Waals surface area contributed by atoms with Gasteiger partial charge in [-0.3, -0.25) is 0 Å². The number of pyridine rings is 1. The topological polar surface area (TPSA) is 80.9 Å². The SMILES string of the molecule is Cc1cc(C)c(C(=O)O)c(SCc2ncnn2C(C)C)n1. The molecule has 0 fully saturated rings. The number of hydrogen-bond donors (Lipinski definition) is 1. The quantitative estimate of drug-likeness (QED) is 0.855. The average Bonchev–Trinajstić information content (AvgIpc) is 2.83. The molecule has 0 radical (unpaired) electrons. The van der Waals surface area contributed by atoms with Gasteiger partial charge in [0.15, 0.2) is 0 Å². The second-order valence-corrected chi connectivity index (χ2v) is 6.03. The molecular formula is C14H18N4O2S. The minimum Gasteiger partial charge on any atom is -0.478 e. The number of carboxylic acids is 1. The minimum absolute atomic E-state index is 0.217. The van der Waals surface area contributed by atoms with Crippen LogP contribution in [0.2, 0.25) is 0 Å². The normalized spacial score (nSPS) is 11.1. The van der Waals surface area contributed by atoms with Crippen LogP contribution in [-0.4, -0.2) is 30.8 Å². The fourth-order valence-electron chi connectivity index (χ4n) is 2.11. The van der Waals surface area contributed by atoms with Gasteiger partial charge < -0.3 is 5.11 Å².